The van der Waals surface area contributed by atoms with Crippen LogP contribution in [0.5, 0.6) is 0 Å². The first-order chi connectivity index (χ1) is 9.97. The van der Waals surface area contributed by atoms with Crippen molar-refractivity contribution in [2.75, 3.05) is 0 Å². The second-order valence-electron chi connectivity index (χ2n) is 5.61. The number of imidazole rings is 1. The van der Waals surface area contributed by atoms with Crippen LogP contribution in [0.4, 0.5) is 5.69 Å². The van der Waals surface area contributed by atoms with Crippen molar-refractivity contribution in [2.45, 2.75) is 32.9 Å². The zero-order valence-electron chi connectivity index (χ0n) is 12.3. The van der Waals surface area contributed by atoms with Crippen LogP contribution in [-0.4, -0.2) is 14.5 Å². The van der Waals surface area contributed by atoms with Crippen molar-refractivity contribution in [3.05, 3.63) is 58.2 Å². The van der Waals surface area contributed by atoms with E-state index in [1.807, 2.05) is 4.57 Å². The summed E-state index contributed by atoms with van der Waals surface area (Å²) in [7, 11) is 0. The molecule has 2 aromatic rings. The normalized spacial score (nSPS) is 12.6. The Morgan fingerprint density at radius 3 is 2.57 bits per heavy atom. The second-order valence-corrected chi connectivity index (χ2v) is 5.61. The molecule has 2 N–H and O–H groups in total. The highest BCUT2D eigenvalue weighted by Crippen LogP contribution is 2.20. The van der Waals surface area contributed by atoms with Crippen LogP contribution < -0.4 is 5.73 Å². The van der Waals surface area contributed by atoms with Gasteiger partial charge in [-0.3, -0.25) is 10.1 Å². The second kappa shape index (κ2) is 6.49. The number of hydrogen-bond acceptors (Lipinski definition) is 4. The minimum Gasteiger partial charge on any atom is -0.329 e. The monoisotopic (exact) mass is 288 g/mol. The molecule has 112 valence electrons. The van der Waals surface area contributed by atoms with Gasteiger partial charge < -0.3 is 10.3 Å². The Labute approximate surface area is 123 Å². The van der Waals surface area contributed by atoms with Gasteiger partial charge in [0.1, 0.15) is 0 Å². The van der Waals surface area contributed by atoms with Crippen molar-refractivity contribution in [1.29, 1.82) is 0 Å². The van der Waals surface area contributed by atoms with E-state index in [2.05, 4.69) is 18.8 Å². The molecule has 0 saturated carbocycles. The Bertz CT molecular complexity index is 604. The summed E-state index contributed by atoms with van der Waals surface area (Å²) in [4.78, 5) is 14.4. The molecule has 0 aliphatic rings. The number of non-ortho nitro benzene ring substituents is 1. The summed E-state index contributed by atoms with van der Waals surface area (Å²) < 4.78 is 1.99. The average molecular weight is 288 g/mol. The molecule has 1 unspecified atom stereocenters. The van der Waals surface area contributed by atoms with Gasteiger partial charge in [0.2, 0.25) is 0 Å². The molecule has 0 spiro atoms. The summed E-state index contributed by atoms with van der Waals surface area (Å²) in [6, 6.07) is 6.50. The number of hydrogen-bond donors (Lipinski definition) is 1. The Balaban J connectivity index is 2.13. The smallest absolute Gasteiger partial charge is 0.269 e. The van der Waals surface area contributed by atoms with E-state index in [-0.39, 0.29) is 11.7 Å². The maximum atomic E-state index is 10.6. The van der Waals surface area contributed by atoms with E-state index in [0.29, 0.717) is 12.5 Å². The van der Waals surface area contributed by atoms with Crippen LogP contribution >= 0.6 is 0 Å². The van der Waals surface area contributed by atoms with Gasteiger partial charge in [0.05, 0.1) is 16.9 Å². The first-order valence-electron chi connectivity index (χ1n) is 6.96. The van der Waals surface area contributed by atoms with E-state index in [4.69, 9.17) is 5.73 Å². The van der Waals surface area contributed by atoms with Crippen LogP contribution in [0.1, 0.15) is 37.6 Å². The van der Waals surface area contributed by atoms with Gasteiger partial charge in [-0.2, -0.15) is 0 Å². The van der Waals surface area contributed by atoms with E-state index >= 15 is 0 Å². The maximum Gasteiger partial charge on any atom is 0.269 e. The number of nitro groups is 1. The van der Waals surface area contributed by atoms with Gasteiger partial charge in [-0.05, 0) is 17.9 Å². The third-order valence-corrected chi connectivity index (χ3v) is 3.35. The minimum absolute atomic E-state index is 0.0504. The van der Waals surface area contributed by atoms with Gasteiger partial charge in [0.25, 0.3) is 5.69 Å². The van der Waals surface area contributed by atoms with Gasteiger partial charge in [-0.1, -0.05) is 26.0 Å². The van der Waals surface area contributed by atoms with Crippen molar-refractivity contribution in [3.63, 3.8) is 0 Å². The van der Waals surface area contributed by atoms with Crippen molar-refractivity contribution in [3.8, 4) is 0 Å². The first-order valence-corrected chi connectivity index (χ1v) is 6.96. The lowest BCUT2D eigenvalue weighted by Gasteiger charge is -2.16. The molecule has 1 atom stereocenters. The van der Waals surface area contributed by atoms with E-state index < -0.39 is 4.92 Å². The molecule has 6 heteroatoms. The minimum atomic E-state index is -0.398. The van der Waals surface area contributed by atoms with E-state index in [1.165, 1.54) is 12.1 Å². The number of aromatic nitrogens is 2. The lowest BCUT2D eigenvalue weighted by Crippen LogP contribution is -2.17. The summed E-state index contributed by atoms with van der Waals surface area (Å²) >= 11 is 0. The Morgan fingerprint density at radius 2 is 2.00 bits per heavy atom. The fourth-order valence-corrected chi connectivity index (χ4v) is 2.32. The van der Waals surface area contributed by atoms with Crippen molar-refractivity contribution < 1.29 is 4.92 Å². The summed E-state index contributed by atoms with van der Waals surface area (Å²) in [6.07, 6.45) is 4.43. The average Bonchev–Trinajstić information content (AvgIpc) is 2.86. The highest BCUT2D eigenvalue weighted by Gasteiger charge is 2.13. The number of nitro benzene ring substituents is 1. The maximum absolute atomic E-state index is 10.6. The molecular weight excluding hydrogens is 268 g/mol. The molecule has 0 aliphatic heterocycles. The molecule has 6 nitrogen and oxygen atoms in total. The fourth-order valence-electron chi connectivity index (χ4n) is 2.32. The van der Waals surface area contributed by atoms with Gasteiger partial charge in [0, 0.05) is 30.9 Å². The third kappa shape index (κ3) is 3.88. The fraction of sp³-hybridized carbons (Fsp3) is 0.400. The lowest BCUT2D eigenvalue weighted by molar-refractivity contribution is -0.384. The quantitative estimate of drug-likeness (QED) is 0.654. The molecular formula is C15H20N4O2. The van der Waals surface area contributed by atoms with Gasteiger partial charge in [-0.25, -0.2) is 4.98 Å². The number of nitrogens with zero attached hydrogens (tertiary/aromatic N) is 3. The largest absolute Gasteiger partial charge is 0.329 e. The molecule has 1 aromatic heterocycles. The molecule has 1 aromatic carbocycles. The summed E-state index contributed by atoms with van der Waals surface area (Å²) in [6.45, 7) is 4.88. The molecule has 21 heavy (non-hydrogen) atoms. The summed E-state index contributed by atoms with van der Waals surface area (Å²) in [5.41, 5.74) is 8.28. The lowest BCUT2D eigenvalue weighted by atomic mass is 10.0. The van der Waals surface area contributed by atoms with Crippen molar-refractivity contribution in [2.24, 2.45) is 11.7 Å². The molecule has 0 bridgehead atoms. The highest BCUT2D eigenvalue weighted by molar-refractivity contribution is 5.33. The summed E-state index contributed by atoms with van der Waals surface area (Å²) in [5.74, 6) is 0.516. The first kappa shape index (κ1) is 15.2. The number of rotatable bonds is 6. The van der Waals surface area contributed by atoms with E-state index in [9.17, 15) is 10.1 Å². The van der Waals surface area contributed by atoms with E-state index in [0.717, 1.165) is 17.7 Å². The number of benzene rings is 1. The van der Waals surface area contributed by atoms with Gasteiger partial charge in [0.15, 0.2) is 0 Å². The molecule has 0 radical (unpaired) electrons. The van der Waals surface area contributed by atoms with Crippen LogP contribution in [0.15, 0.2) is 36.8 Å². The van der Waals surface area contributed by atoms with Gasteiger partial charge >= 0.3 is 0 Å². The van der Waals surface area contributed by atoms with Crippen LogP contribution in [0.2, 0.25) is 0 Å². The molecule has 0 saturated heterocycles. The van der Waals surface area contributed by atoms with E-state index in [1.54, 1.807) is 24.7 Å². The molecule has 0 fully saturated rings. The van der Waals surface area contributed by atoms with Gasteiger partial charge in [-0.15, -0.1) is 0 Å². The van der Waals surface area contributed by atoms with Crippen LogP contribution in [0.25, 0.3) is 0 Å². The van der Waals surface area contributed by atoms with Crippen molar-refractivity contribution in [1.82, 2.24) is 9.55 Å². The molecule has 0 aliphatic carbocycles. The highest BCUT2D eigenvalue weighted by atomic mass is 16.6. The zero-order valence-corrected chi connectivity index (χ0v) is 12.3. The zero-order chi connectivity index (χ0) is 15.4. The van der Waals surface area contributed by atoms with Crippen LogP contribution in [0, 0.1) is 16.0 Å². The Kier molecular flexibility index (Phi) is 4.70. The summed E-state index contributed by atoms with van der Waals surface area (Å²) in [5, 5.41) is 10.6. The standard InChI is InChI=1S/C15H20N4O2/c1-11(2)7-14(16)15-8-17-10-18(15)9-12-3-5-13(6-4-12)19(20)21/h3-6,8,10-11,14H,7,9,16H2,1-2H3. The molecule has 0 amide bonds. The van der Waals surface area contributed by atoms with Crippen LogP contribution in [-0.2, 0) is 6.54 Å². The third-order valence-electron chi connectivity index (χ3n) is 3.35. The SMILES string of the molecule is CC(C)CC(N)c1cncn1Cc1ccc([N+](=O)[O-])cc1. The topological polar surface area (TPSA) is 87.0 Å². The van der Waals surface area contributed by atoms with Crippen molar-refractivity contribution >= 4 is 5.69 Å². The predicted molar refractivity (Wildman–Crippen MR) is 80.8 cm³/mol. The predicted octanol–water partition coefficient (Wildman–Crippen LogP) is 2.89. The Hall–Kier alpha value is -2.21. The molecule has 1 heterocycles. The number of nitrogens with two attached hydrogens (primary N) is 1. The Morgan fingerprint density at radius 1 is 1.33 bits per heavy atom. The van der Waals surface area contributed by atoms with Crippen LogP contribution in [0.3, 0.4) is 0 Å². The molecule has 2 rings (SSSR count).